The molecule has 0 atom stereocenters. The molecule has 0 aliphatic carbocycles. The van der Waals surface area contributed by atoms with Gasteiger partial charge in [-0.2, -0.15) is 0 Å². The molecule has 6 nitrogen and oxygen atoms in total. The fraction of sp³-hybridized carbons (Fsp3) is 0.200. The van der Waals surface area contributed by atoms with Crippen LogP contribution in [0.25, 0.3) is 21.8 Å². The van der Waals surface area contributed by atoms with E-state index in [9.17, 15) is 9.59 Å². The van der Waals surface area contributed by atoms with E-state index in [-0.39, 0.29) is 18.8 Å². The van der Waals surface area contributed by atoms with Crippen molar-refractivity contribution in [2.75, 3.05) is 18.5 Å². The molecule has 3 aromatic rings. The van der Waals surface area contributed by atoms with Crippen molar-refractivity contribution in [2.24, 2.45) is 0 Å². The first kappa shape index (κ1) is 17.5. The number of esters is 2. The van der Waals surface area contributed by atoms with Crippen molar-refractivity contribution in [3.63, 3.8) is 0 Å². The Morgan fingerprint density at radius 3 is 2.31 bits per heavy atom. The molecule has 1 heterocycles. The minimum absolute atomic E-state index is 0.173. The van der Waals surface area contributed by atoms with Crippen LogP contribution >= 0.6 is 0 Å². The molecular formula is C20H20N2O4. The van der Waals surface area contributed by atoms with Gasteiger partial charge in [0.05, 0.1) is 13.2 Å². The summed E-state index contributed by atoms with van der Waals surface area (Å²) in [6, 6.07) is 13.8. The number of fused-ring (bicyclic) bond motifs is 3. The van der Waals surface area contributed by atoms with Gasteiger partial charge < -0.3 is 19.8 Å². The summed E-state index contributed by atoms with van der Waals surface area (Å²) in [6.07, 6.45) is 1.33. The maximum Gasteiger partial charge on any atom is 0.347 e. The molecule has 134 valence electrons. The van der Waals surface area contributed by atoms with Gasteiger partial charge in [-0.3, -0.25) is 0 Å². The second-order valence-electron chi connectivity index (χ2n) is 5.57. The van der Waals surface area contributed by atoms with Crippen LogP contribution in [-0.2, 0) is 19.1 Å². The summed E-state index contributed by atoms with van der Waals surface area (Å²) in [7, 11) is 0. The largest absolute Gasteiger partial charge is 0.462 e. The van der Waals surface area contributed by atoms with Crippen LogP contribution in [0.3, 0.4) is 0 Å². The minimum Gasteiger partial charge on any atom is -0.462 e. The number of aromatic amines is 1. The zero-order valence-corrected chi connectivity index (χ0v) is 14.7. The van der Waals surface area contributed by atoms with Gasteiger partial charge in [-0.05, 0) is 38.1 Å². The van der Waals surface area contributed by atoms with E-state index in [1.165, 1.54) is 6.20 Å². The average Bonchev–Trinajstić information content (AvgIpc) is 3.00. The first-order valence-corrected chi connectivity index (χ1v) is 8.45. The Bertz CT molecular complexity index is 968. The predicted octanol–water partition coefficient (Wildman–Crippen LogP) is 3.74. The lowest BCUT2D eigenvalue weighted by atomic mass is 10.1. The van der Waals surface area contributed by atoms with E-state index in [0.717, 1.165) is 27.5 Å². The van der Waals surface area contributed by atoms with E-state index in [2.05, 4.69) is 10.3 Å². The van der Waals surface area contributed by atoms with Crippen molar-refractivity contribution in [3.8, 4) is 0 Å². The standard InChI is InChI=1S/C20H20N2O4/c1-3-25-19(23)16(20(24)26-4-2)12-21-13-9-10-18-15(11-13)14-7-5-6-8-17(14)22-18/h5-12,21-22H,3-4H2,1-2H3. The highest BCUT2D eigenvalue weighted by Gasteiger charge is 2.20. The summed E-state index contributed by atoms with van der Waals surface area (Å²) in [5, 5.41) is 5.14. The lowest BCUT2D eigenvalue weighted by Gasteiger charge is -2.08. The van der Waals surface area contributed by atoms with E-state index < -0.39 is 11.9 Å². The number of hydrogen-bond acceptors (Lipinski definition) is 5. The molecule has 0 aliphatic heterocycles. The zero-order chi connectivity index (χ0) is 18.5. The van der Waals surface area contributed by atoms with Crippen molar-refractivity contribution >= 4 is 39.4 Å². The number of aromatic nitrogens is 1. The molecule has 0 aliphatic rings. The summed E-state index contributed by atoms with van der Waals surface area (Å²) in [5.41, 5.74) is 2.63. The normalized spacial score (nSPS) is 10.5. The number of ether oxygens (including phenoxy) is 2. The molecule has 1 aromatic heterocycles. The van der Waals surface area contributed by atoms with Crippen LogP contribution in [0.4, 0.5) is 5.69 Å². The molecule has 0 spiro atoms. The molecule has 26 heavy (non-hydrogen) atoms. The first-order valence-electron chi connectivity index (χ1n) is 8.45. The van der Waals surface area contributed by atoms with Gasteiger partial charge in [0.2, 0.25) is 0 Å². The summed E-state index contributed by atoms with van der Waals surface area (Å²) in [5.74, 6) is -1.43. The van der Waals surface area contributed by atoms with Gasteiger partial charge >= 0.3 is 11.9 Å². The van der Waals surface area contributed by atoms with Gasteiger partial charge in [0.15, 0.2) is 5.57 Å². The van der Waals surface area contributed by atoms with Crippen molar-refractivity contribution in [2.45, 2.75) is 13.8 Å². The van der Waals surface area contributed by atoms with E-state index in [1.807, 2.05) is 42.5 Å². The summed E-state index contributed by atoms with van der Waals surface area (Å²) in [4.78, 5) is 27.3. The Hall–Kier alpha value is -3.28. The first-order chi connectivity index (χ1) is 12.6. The molecule has 0 bridgehead atoms. The quantitative estimate of drug-likeness (QED) is 0.306. The molecular weight excluding hydrogens is 332 g/mol. The number of carbonyl (C=O) groups excluding carboxylic acids is 2. The third-order valence-electron chi connectivity index (χ3n) is 3.88. The van der Waals surface area contributed by atoms with E-state index in [4.69, 9.17) is 9.47 Å². The Morgan fingerprint density at radius 1 is 0.962 bits per heavy atom. The maximum absolute atomic E-state index is 12.0. The molecule has 2 N–H and O–H groups in total. The van der Waals surface area contributed by atoms with Crippen LogP contribution in [-0.4, -0.2) is 30.1 Å². The lowest BCUT2D eigenvalue weighted by Crippen LogP contribution is -2.19. The third-order valence-corrected chi connectivity index (χ3v) is 3.88. The SMILES string of the molecule is CCOC(=O)C(=CNc1ccc2[nH]c3ccccc3c2c1)C(=O)OCC. The third kappa shape index (κ3) is 3.54. The monoisotopic (exact) mass is 352 g/mol. The molecule has 0 amide bonds. The molecule has 3 rings (SSSR count). The van der Waals surface area contributed by atoms with Crippen LogP contribution in [0.1, 0.15) is 13.8 Å². The predicted molar refractivity (Wildman–Crippen MR) is 101 cm³/mol. The van der Waals surface area contributed by atoms with Gasteiger partial charge in [0, 0.05) is 33.7 Å². The van der Waals surface area contributed by atoms with Crippen LogP contribution in [0.15, 0.2) is 54.2 Å². The number of benzene rings is 2. The molecule has 0 saturated heterocycles. The Kier molecular flexibility index (Phi) is 5.22. The fourth-order valence-corrected chi connectivity index (χ4v) is 2.71. The molecule has 0 saturated carbocycles. The van der Waals surface area contributed by atoms with Gasteiger partial charge in [-0.1, -0.05) is 18.2 Å². The van der Waals surface area contributed by atoms with Crippen LogP contribution in [0, 0.1) is 0 Å². The zero-order valence-electron chi connectivity index (χ0n) is 14.7. The number of anilines is 1. The minimum atomic E-state index is -0.716. The lowest BCUT2D eigenvalue weighted by molar-refractivity contribution is -0.146. The smallest absolute Gasteiger partial charge is 0.347 e. The highest BCUT2D eigenvalue weighted by Crippen LogP contribution is 2.27. The number of para-hydroxylation sites is 1. The van der Waals surface area contributed by atoms with Crippen molar-refractivity contribution in [3.05, 3.63) is 54.2 Å². The Balaban J connectivity index is 1.92. The van der Waals surface area contributed by atoms with Crippen LogP contribution in [0.5, 0.6) is 0 Å². The van der Waals surface area contributed by atoms with E-state index in [0.29, 0.717) is 0 Å². The van der Waals surface area contributed by atoms with Gasteiger partial charge in [-0.15, -0.1) is 0 Å². The van der Waals surface area contributed by atoms with Gasteiger partial charge in [0.25, 0.3) is 0 Å². The number of rotatable bonds is 6. The number of nitrogens with one attached hydrogen (secondary N) is 2. The number of hydrogen-bond donors (Lipinski definition) is 2. The number of carbonyl (C=O) groups is 2. The second-order valence-corrected chi connectivity index (χ2v) is 5.57. The van der Waals surface area contributed by atoms with Gasteiger partial charge in [-0.25, -0.2) is 9.59 Å². The topological polar surface area (TPSA) is 80.4 Å². The highest BCUT2D eigenvalue weighted by molar-refractivity contribution is 6.14. The second kappa shape index (κ2) is 7.74. The molecule has 2 aromatic carbocycles. The summed E-state index contributed by atoms with van der Waals surface area (Å²) >= 11 is 0. The maximum atomic E-state index is 12.0. The molecule has 0 radical (unpaired) electrons. The Morgan fingerprint density at radius 2 is 1.62 bits per heavy atom. The van der Waals surface area contributed by atoms with Gasteiger partial charge in [0.1, 0.15) is 0 Å². The van der Waals surface area contributed by atoms with E-state index >= 15 is 0 Å². The number of H-pyrrole nitrogens is 1. The van der Waals surface area contributed by atoms with Crippen LogP contribution < -0.4 is 5.32 Å². The highest BCUT2D eigenvalue weighted by atomic mass is 16.6. The van der Waals surface area contributed by atoms with Crippen molar-refractivity contribution < 1.29 is 19.1 Å². The van der Waals surface area contributed by atoms with E-state index in [1.54, 1.807) is 13.8 Å². The van der Waals surface area contributed by atoms with Crippen molar-refractivity contribution in [1.29, 1.82) is 0 Å². The van der Waals surface area contributed by atoms with Crippen LogP contribution in [0.2, 0.25) is 0 Å². The summed E-state index contributed by atoms with van der Waals surface area (Å²) < 4.78 is 9.84. The molecule has 0 fully saturated rings. The average molecular weight is 352 g/mol. The van der Waals surface area contributed by atoms with Crippen molar-refractivity contribution in [1.82, 2.24) is 4.98 Å². The summed E-state index contributed by atoms with van der Waals surface area (Å²) in [6.45, 7) is 3.71. The molecule has 6 heteroatoms. The fourth-order valence-electron chi connectivity index (χ4n) is 2.71. The Labute approximate surface area is 150 Å². The molecule has 0 unspecified atom stereocenters.